The van der Waals surface area contributed by atoms with E-state index in [0.29, 0.717) is 38.4 Å². The summed E-state index contributed by atoms with van der Waals surface area (Å²) >= 11 is 0. The minimum absolute atomic E-state index is 0.0867. The van der Waals surface area contributed by atoms with Crippen molar-refractivity contribution in [2.75, 3.05) is 45.8 Å². The van der Waals surface area contributed by atoms with Crippen LogP contribution in [0, 0.1) is 11.8 Å². The normalized spacial score (nSPS) is 23.8. The lowest BCUT2D eigenvalue weighted by Crippen LogP contribution is -2.48. The maximum absolute atomic E-state index is 12.5. The molecule has 0 aliphatic carbocycles. The Morgan fingerprint density at radius 3 is 1.88 bits per heavy atom. The molecule has 0 unspecified atom stereocenters. The first kappa shape index (κ1) is 18.2. The van der Waals surface area contributed by atoms with Gasteiger partial charge < -0.3 is 15.5 Å². The van der Waals surface area contributed by atoms with E-state index in [1.54, 1.807) is 0 Å². The number of primary amides is 1. The van der Waals surface area contributed by atoms with Crippen molar-refractivity contribution in [2.24, 2.45) is 17.6 Å². The van der Waals surface area contributed by atoms with E-state index in [4.69, 9.17) is 5.73 Å². The van der Waals surface area contributed by atoms with Gasteiger partial charge >= 0.3 is 0 Å². The number of piperidine rings is 2. The second-order valence-electron chi connectivity index (χ2n) is 7.64. The fourth-order valence-corrected chi connectivity index (χ4v) is 4.24. The molecule has 7 nitrogen and oxygen atoms in total. The molecule has 3 aliphatic rings. The number of hydrogen-bond acceptors (Lipinski definition) is 4. The highest BCUT2D eigenvalue weighted by Gasteiger charge is 2.31. The highest BCUT2D eigenvalue weighted by Crippen LogP contribution is 2.22. The molecular formula is C18H30N4O3. The van der Waals surface area contributed by atoms with Gasteiger partial charge in [0.1, 0.15) is 0 Å². The first-order valence-electron chi connectivity index (χ1n) is 9.63. The Labute approximate surface area is 149 Å². The van der Waals surface area contributed by atoms with Crippen LogP contribution >= 0.6 is 0 Å². The van der Waals surface area contributed by atoms with Gasteiger partial charge in [-0.15, -0.1) is 0 Å². The summed E-state index contributed by atoms with van der Waals surface area (Å²) in [6.07, 6.45) is 5.32. The predicted octanol–water partition coefficient (Wildman–Crippen LogP) is 0.0447. The summed E-state index contributed by atoms with van der Waals surface area (Å²) in [6.45, 7) is 5.12. The van der Waals surface area contributed by atoms with Crippen LogP contribution < -0.4 is 5.73 Å². The number of amides is 3. The molecule has 0 aromatic carbocycles. The first-order valence-corrected chi connectivity index (χ1v) is 9.63. The minimum atomic E-state index is -0.253. The van der Waals surface area contributed by atoms with Crippen LogP contribution in [0.1, 0.15) is 38.5 Å². The summed E-state index contributed by atoms with van der Waals surface area (Å²) in [4.78, 5) is 42.1. The minimum Gasteiger partial charge on any atom is -0.369 e. The summed E-state index contributed by atoms with van der Waals surface area (Å²) in [7, 11) is 0. The van der Waals surface area contributed by atoms with Crippen LogP contribution in [0.3, 0.4) is 0 Å². The lowest BCUT2D eigenvalue weighted by molar-refractivity contribution is -0.138. The highest BCUT2D eigenvalue weighted by atomic mass is 16.2. The van der Waals surface area contributed by atoms with E-state index in [9.17, 15) is 14.4 Å². The van der Waals surface area contributed by atoms with Gasteiger partial charge in [-0.25, -0.2) is 0 Å². The maximum Gasteiger partial charge on any atom is 0.236 e. The molecule has 0 spiro atoms. The number of rotatable bonds is 4. The Bertz CT molecular complexity index is 502. The predicted molar refractivity (Wildman–Crippen MR) is 93.5 cm³/mol. The molecular weight excluding hydrogens is 320 g/mol. The molecule has 140 valence electrons. The van der Waals surface area contributed by atoms with E-state index in [1.807, 2.05) is 9.80 Å². The van der Waals surface area contributed by atoms with Crippen LogP contribution in [0.25, 0.3) is 0 Å². The van der Waals surface area contributed by atoms with E-state index >= 15 is 0 Å². The molecule has 3 aliphatic heterocycles. The van der Waals surface area contributed by atoms with Crippen molar-refractivity contribution in [3.05, 3.63) is 0 Å². The average molecular weight is 350 g/mol. The second-order valence-corrected chi connectivity index (χ2v) is 7.64. The van der Waals surface area contributed by atoms with Gasteiger partial charge in [0.05, 0.1) is 6.54 Å². The molecule has 0 radical (unpaired) electrons. The van der Waals surface area contributed by atoms with Crippen molar-refractivity contribution in [3.63, 3.8) is 0 Å². The number of nitrogens with zero attached hydrogens (tertiary/aromatic N) is 3. The Hall–Kier alpha value is -1.63. The Balaban J connectivity index is 1.39. The van der Waals surface area contributed by atoms with Gasteiger partial charge in [0.15, 0.2) is 0 Å². The SMILES string of the molecule is NC(=O)C1CCN(C(=O)CN2CCC(C(=O)N3CCCC3)CC2)CC1. The van der Waals surface area contributed by atoms with Gasteiger partial charge in [0, 0.05) is 38.0 Å². The number of hydrogen-bond donors (Lipinski definition) is 1. The van der Waals surface area contributed by atoms with Crippen molar-refractivity contribution in [2.45, 2.75) is 38.5 Å². The summed E-state index contributed by atoms with van der Waals surface area (Å²) in [5.74, 6) is 0.244. The summed E-state index contributed by atoms with van der Waals surface area (Å²) < 4.78 is 0. The number of carbonyl (C=O) groups is 3. The molecule has 2 N–H and O–H groups in total. The van der Waals surface area contributed by atoms with E-state index in [2.05, 4.69) is 4.90 Å². The number of likely N-dealkylation sites (tertiary alicyclic amines) is 3. The monoisotopic (exact) mass is 350 g/mol. The van der Waals surface area contributed by atoms with Gasteiger partial charge in [-0.1, -0.05) is 0 Å². The van der Waals surface area contributed by atoms with E-state index in [0.717, 1.165) is 51.9 Å². The van der Waals surface area contributed by atoms with Crippen LogP contribution in [-0.4, -0.2) is 78.2 Å². The van der Waals surface area contributed by atoms with Gasteiger partial charge in [-0.2, -0.15) is 0 Å². The Morgan fingerprint density at radius 1 is 0.760 bits per heavy atom. The zero-order valence-electron chi connectivity index (χ0n) is 15.0. The molecule has 25 heavy (non-hydrogen) atoms. The van der Waals surface area contributed by atoms with Gasteiger partial charge in [-0.3, -0.25) is 19.3 Å². The van der Waals surface area contributed by atoms with Crippen molar-refractivity contribution in [1.29, 1.82) is 0 Å². The molecule has 3 amide bonds. The smallest absolute Gasteiger partial charge is 0.236 e. The number of nitrogens with two attached hydrogens (primary N) is 1. The van der Waals surface area contributed by atoms with E-state index < -0.39 is 0 Å². The topological polar surface area (TPSA) is 87.0 Å². The second kappa shape index (κ2) is 8.17. The summed E-state index contributed by atoms with van der Waals surface area (Å²) in [5, 5.41) is 0. The summed E-state index contributed by atoms with van der Waals surface area (Å²) in [5.41, 5.74) is 5.34. The first-order chi connectivity index (χ1) is 12.0. The van der Waals surface area contributed by atoms with Crippen molar-refractivity contribution in [1.82, 2.24) is 14.7 Å². The molecule has 0 atom stereocenters. The van der Waals surface area contributed by atoms with Crippen LogP contribution in [0.15, 0.2) is 0 Å². The van der Waals surface area contributed by atoms with Crippen LogP contribution in [-0.2, 0) is 14.4 Å². The fraction of sp³-hybridized carbons (Fsp3) is 0.833. The molecule has 0 bridgehead atoms. The van der Waals surface area contributed by atoms with E-state index in [1.165, 1.54) is 0 Å². The molecule has 3 saturated heterocycles. The van der Waals surface area contributed by atoms with E-state index in [-0.39, 0.29) is 23.7 Å². The lowest BCUT2D eigenvalue weighted by atomic mass is 9.95. The molecule has 0 aromatic heterocycles. The average Bonchev–Trinajstić information content (AvgIpc) is 3.16. The summed E-state index contributed by atoms with van der Waals surface area (Å²) in [6, 6.07) is 0. The molecule has 0 aromatic rings. The van der Waals surface area contributed by atoms with Gasteiger partial charge in [0.2, 0.25) is 17.7 Å². The molecule has 0 saturated carbocycles. The van der Waals surface area contributed by atoms with Crippen molar-refractivity contribution < 1.29 is 14.4 Å². The zero-order valence-corrected chi connectivity index (χ0v) is 15.0. The Kier molecular flexibility index (Phi) is 5.93. The highest BCUT2D eigenvalue weighted by molar-refractivity contribution is 5.80. The van der Waals surface area contributed by atoms with Crippen LogP contribution in [0.2, 0.25) is 0 Å². The lowest BCUT2D eigenvalue weighted by Gasteiger charge is -2.35. The Morgan fingerprint density at radius 2 is 1.32 bits per heavy atom. The molecule has 7 heteroatoms. The third kappa shape index (κ3) is 4.51. The molecule has 3 rings (SSSR count). The molecule has 3 fully saturated rings. The largest absolute Gasteiger partial charge is 0.369 e. The molecule has 3 heterocycles. The zero-order chi connectivity index (χ0) is 17.8. The quantitative estimate of drug-likeness (QED) is 0.776. The third-order valence-electron chi connectivity index (χ3n) is 5.96. The van der Waals surface area contributed by atoms with Crippen molar-refractivity contribution >= 4 is 17.7 Å². The fourth-order valence-electron chi connectivity index (χ4n) is 4.24. The van der Waals surface area contributed by atoms with Gasteiger partial charge in [-0.05, 0) is 51.6 Å². The van der Waals surface area contributed by atoms with Gasteiger partial charge in [0.25, 0.3) is 0 Å². The van der Waals surface area contributed by atoms with Crippen LogP contribution in [0.4, 0.5) is 0 Å². The van der Waals surface area contributed by atoms with Crippen molar-refractivity contribution in [3.8, 4) is 0 Å². The standard InChI is InChI=1S/C18H30N4O3/c19-17(24)14-5-11-21(12-6-14)16(23)13-20-9-3-15(4-10-20)18(25)22-7-1-2-8-22/h14-15H,1-13H2,(H2,19,24). The third-order valence-corrected chi connectivity index (χ3v) is 5.96. The maximum atomic E-state index is 12.5. The van der Waals surface area contributed by atoms with Crippen LogP contribution in [0.5, 0.6) is 0 Å². The number of carbonyl (C=O) groups excluding carboxylic acids is 3.